The molecule has 116 valence electrons. The SMILES string of the molecule is Cc1ccc(N/C=C(/C#N)C(=O)Nc2ccc(Br)cc2)c(N)c1. The number of halogens is 1. The van der Waals surface area contributed by atoms with Crippen molar-refractivity contribution in [1.82, 2.24) is 0 Å². The summed E-state index contributed by atoms with van der Waals surface area (Å²) < 4.78 is 0.906. The molecule has 23 heavy (non-hydrogen) atoms. The highest BCUT2D eigenvalue weighted by atomic mass is 79.9. The number of nitrogen functional groups attached to an aromatic ring is 1. The minimum atomic E-state index is -0.493. The summed E-state index contributed by atoms with van der Waals surface area (Å²) in [5.74, 6) is -0.493. The van der Waals surface area contributed by atoms with E-state index in [0.29, 0.717) is 17.1 Å². The van der Waals surface area contributed by atoms with Crippen LogP contribution in [0.15, 0.2) is 58.7 Å². The summed E-state index contributed by atoms with van der Waals surface area (Å²) in [6, 6.07) is 14.4. The van der Waals surface area contributed by atoms with Crippen molar-refractivity contribution in [3.8, 4) is 6.07 Å². The van der Waals surface area contributed by atoms with E-state index in [4.69, 9.17) is 11.0 Å². The third-order valence-electron chi connectivity index (χ3n) is 3.05. The molecule has 0 aliphatic carbocycles. The first-order valence-electron chi connectivity index (χ1n) is 6.79. The number of carbonyl (C=O) groups excluding carboxylic acids is 1. The Morgan fingerprint density at radius 2 is 1.96 bits per heavy atom. The lowest BCUT2D eigenvalue weighted by Crippen LogP contribution is -2.14. The number of benzene rings is 2. The van der Waals surface area contributed by atoms with Crippen molar-refractivity contribution in [1.29, 1.82) is 5.26 Å². The first-order chi connectivity index (χ1) is 11.0. The van der Waals surface area contributed by atoms with E-state index in [2.05, 4.69) is 26.6 Å². The lowest BCUT2D eigenvalue weighted by Gasteiger charge is -2.07. The number of nitrogens with one attached hydrogen (secondary N) is 2. The largest absolute Gasteiger partial charge is 0.397 e. The van der Waals surface area contributed by atoms with Crippen LogP contribution in [-0.2, 0) is 4.79 Å². The van der Waals surface area contributed by atoms with Crippen LogP contribution in [0.3, 0.4) is 0 Å². The van der Waals surface area contributed by atoms with Gasteiger partial charge in [0, 0.05) is 16.4 Å². The second-order valence-electron chi connectivity index (χ2n) is 4.87. The molecule has 4 N–H and O–H groups in total. The zero-order chi connectivity index (χ0) is 16.8. The standard InChI is InChI=1S/C17H15BrN4O/c1-11-2-7-16(15(20)8-11)21-10-12(9-19)17(23)22-14-5-3-13(18)4-6-14/h2-8,10,21H,20H2,1H3,(H,22,23)/b12-10-. The number of anilines is 3. The van der Waals surface area contributed by atoms with Crippen molar-refractivity contribution < 1.29 is 4.79 Å². The highest BCUT2D eigenvalue weighted by Gasteiger charge is 2.09. The first-order valence-corrected chi connectivity index (χ1v) is 7.59. The molecule has 0 radical (unpaired) electrons. The molecule has 1 amide bonds. The second-order valence-corrected chi connectivity index (χ2v) is 5.78. The molecular formula is C17H15BrN4O. The van der Waals surface area contributed by atoms with Crippen molar-refractivity contribution in [3.05, 3.63) is 64.3 Å². The van der Waals surface area contributed by atoms with Crippen LogP contribution in [0.5, 0.6) is 0 Å². The van der Waals surface area contributed by atoms with Crippen LogP contribution in [0.4, 0.5) is 17.1 Å². The molecule has 0 spiro atoms. The summed E-state index contributed by atoms with van der Waals surface area (Å²) in [5.41, 5.74) is 8.66. The number of hydrogen-bond acceptors (Lipinski definition) is 4. The zero-order valence-electron chi connectivity index (χ0n) is 12.4. The van der Waals surface area contributed by atoms with Gasteiger partial charge in [-0.15, -0.1) is 0 Å². The molecule has 0 fully saturated rings. The van der Waals surface area contributed by atoms with Crippen LogP contribution < -0.4 is 16.4 Å². The van der Waals surface area contributed by atoms with Crippen LogP contribution in [0.25, 0.3) is 0 Å². The third kappa shape index (κ3) is 4.59. The van der Waals surface area contributed by atoms with Crippen molar-refractivity contribution >= 4 is 38.9 Å². The molecule has 0 heterocycles. The molecule has 0 unspecified atom stereocenters. The number of hydrogen-bond donors (Lipinski definition) is 3. The average molecular weight is 371 g/mol. The second kappa shape index (κ2) is 7.47. The number of nitrogens with two attached hydrogens (primary N) is 1. The summed E-state index contributed by atoms with van der Waals surface area (Å²) in [5, 5.41) is 14.7. The smallest absolute Gasteiger partial charge is 0.267 e. The Hall–Kier alpha value is -2.78. The van der Waals surface area contributed by atoms with E-state index in [9.17, 15) is 4.79 Å². The molecule has 0 saturated heterocycles. The Balaban J connectivity index is 2.10. The van der Waals surface area contributed by atoms with E-state index in [1.54, 1.807) is 30.3 Å². The van der Waals surface area contributed by atoms with E-state index in [0.717, 1.165) is 10.0 Å². The summed E-state index contributed by atoms with van der Waals surface area (Å²) in [4.78, 5) is 12.1. The minimum absolute atomic E-state index is 0.0482. The summed E-state index contributed by atoms with van der Waals surface area (Å²) >= 11 is 3.32. The average Bonchev–Trinajstić information content (AvgIpc) is 2.52. The maximum absolute atomic E-state index is 12.1. The Bertz CT molecular complexity index is 791. The van der Waals surface area contributed by atoms with E-state index >= 15 is 0 Å². The van der Waals surface area contributed by atoms with Gasteiger partial charge in [-0.3, -0.25) is 4.79 Å². The maximum Gasteiger partial charge on any atom is 0.267 e. The van der Waals surface area contributed by atoms with Gasteiger partial charge in [-0.2, -0.15) is 5.26 Å². The molecule has 0 aliphatic heterocycles. The van der Waals surface area contributed by atoms with Gasteiger partial charge in [0.1, 0.15) is 11.6 Å². The van der Waals surface area contributed by atoms with Gasteiger partial charge in [0.2, 0.25) is 0 Å². The molecule has 0 aromatic heterocycles. The predicted molar refractivity (Wildman–Crippen MR) is 95.7 cm³/mol. The van der Waals surface area contributed by atoms with Gasteiger partial charge in [-0.05, 0) is 48.9 Å². The monoisotopic (exact) mass is 370 g/mol. The predicted octanol–water partition coefficient (Wildman–Crippen LogP) is 3.80. The van der Waals surface area contributed by atoms with Gasteiger partial charge in [-0.1, -0.05) is 22.0 Å². The zero-order valence-corrected chi connectivity index (χ0v) is 14.0. The maximum atomic E-state index is 12.1. The molecular weight excluding hydrogens is 356 g/mol. The molecule has 0 saturated carbocycles. The number of carbonyl (C=O) groups is 1. The lowest BCUT2D eigenvalue weighted by atomic mass is 10.2. The van der Waals surface area contributed by atoms with E-state index in [1.807, 2.05) is 25.1 Å². The van der Waals surface area contributed by atoms with Crippen LogP contribution in [-0.4, -0.2) is 5.91 Å². The molecule has 2 aromatic carbocycles. The van der Waals surface area contributed by atoms with Crippen molar-refractivity contribution in [2.45, 2.75) is 6.92 Å². The quantitative estimate of drug-likeness (QED) is 0.433. The van der Waals surface area contributed by atoms with Crippen molar-refractivity contribution in [2.24, 2.45) is 0 Å². The van der Waals surface area contributed by atoms with Gasteiger partial charge >= 0.3 is 0 Å². The fraction of sp³-hybridized carbons (Fsp3) is 0.0588. The van der Waals surface area contributed by atoms with E-state index in [-0.39, 0.29) is 5.57 Å². The molecule has 0 atom stereocenters. The van der Waals surface area contributed by atoms with Gasteiger partial charge < -0.3 is 16.4 Å². The summed E-state index contributed by atoms with van der Waals surface area (Å²) in [7, 11) is 0. The fourth-order valence-corrected chi connectivity index (χ4v) is 2.11. The first kappa shape index (κ1) is 16.6. The Morgan fingerprint density at radius 1 is 1.26 bits per heavy atom. The van der Waals surface area contributed by atoms with Crippen LogP contribution >= 0.6 is 15.9 Å². The van der Waals surface area contributed by atoms with Crippen molar-refractivity contribution in [2.75, 3.05) is 16.4 Å². The van der Waals surface area contributed by atoms with Crippen LogP contribution in [0, 0.1) is 18.3 Å². The highest BCUT2D eigenvalue weighted by Crippen LogP contribution is 2.20. The van der Waals surface area contributed by atoms with Crippen molar-refractivity contribution in [3.63, 3.8) is 0 Å². The molecule has 0 aliphatic rings. The summed E-state index contributed by atoms with van der Waals surface area (Å²) in [6.07, 6.45) is 1.34. The third-order valence-corrected chi connectivity index (χ3v) is 3.57. The number of nitriles is 1. The van der Waals surface area contributed by atoms with Gasteiger partial charge in [0.15, 0.2) is 0 Å². The fourth-order valence-electron chi connectivity index (χ4n) is 1.84. The Labute approximate surface area is 142 Å². The topological polar surface area (TPSA) is 90.9 Å². The van der Waals surface area contributed by atoms with Gasteiger partial charge in [0.25, 0.3) is 5.91 Å². The molecule has 2 aromatic rings. The van der Waals surface area contributed by atoms with Gasteiger partial charge in [-0.25, -0.2) is 0 Å². The normalized spacial score (nSPS) is 10.7. The molecule has 2 rings (SSSR count). The van der Waals surface area contributed by atoms with Gasteiger partial charge in [0.05, 0.1) is 11.4 Å². The van der Waals surface area contributed by atoms with E-state index in [1.165, 1.54) is 6.20 Å². The lowest BCUT2D eigenvalue weighted by molar-refractivity contribution is -0.112. The van der Waals surface area contributed by atoms with Crippen LogP contribution in [0.1, 0.15) is 5.56 Å². The summed E-state index contributed by atoms with van der Waals surface area (Å²) in [6.45, 7) is 1.93. The number of aryl methyl sites for hydroxylation is 1. The number of nitrogens with zero attached hydrogens (tertiary/aromatic N) is 1. The number of amides is 1. The molecule has 5 nitrogen and oxygen atoms in total. The minimum Gasteiger partial charge on any atom is -0.397 e. The van der Waals surface area contributed by atoms with Crippen LogP contribution in [0.2, 0.25) is 0 Å². The molecule has 0 bridgehead atoms. The highest BCUT2D eigenvalue weighted by molar-refractivity contribution is 9.10. The molecule has 6 heteroatoms. The number of rotatable bonds is 4. The Morgan fingerprint density at radius 3 is 2.57 bits per heavy atom. The van der Waals surface area contributed by atoms with E-state index < -0.39 is 5.91 Å². The Kier molecular flexibility index (Phi) is 5.39.